The summed E-state index contributed by atoms with van der Waals surface area (Å²) < 4.78 is 44.0. The lowest BCUT2D eigenvalue weighted by atomic mass is 9.86. The molecule has 1 aromatic rings. The van der Waals surface area contributed by atoms with Gasteiger partial charge in [-0.1, -0.05) is 6.42 Å². The summed E-state index contributed by atoms with van der Waals surface area (Å²) in [5.74, 6) is -2.64. The standard InChI is InChI=1S/C14H15F3N2O4/c15-14(16,17)10-4-9(13(21)22)5-18-12(10)19-11(20)7-23-6-8-2-1-3-8/h4-5,8H,1-3,6-7H2,(H,21,22)(H,18,19,20). The monoisotopic (exact) mass is 332 g/mol. The van der Waals surface area contributed by atoms with E-state index in [9.17, 15) is 22.8 Å². The van der Waals surface area contributed by atoms with Gasteiger partial charge in [0, 0.05) is 6.20 Å². The normalized spacial score (nSPS) is 15.1. The molecule has 126 valence electrons. The van der Waals surface area contributed by atoms with Crippen molar-refractivity contribution in [3.63, 3.8) is 0 Å². The van der Waals surface area contributed by atoms with Crippen LogP contribution >= 0.6 is 0 Å². The summed E-state index contributed by atoms with van der Waals surface area (Å²) >= 11 is 0. The van der Waals surface area contributed by atoms with E-state index >= 15 is 0 Å². The number of aromatic carboxylic acids is 1. The molecule has 1 aliphatic carbocycles. The molecule has 1 heterocycles. The molecule has 0 saturated heterocycles. The minimum absolute atomic E-state index is 0.379. The Hall–Kier alpha value is -2.16. The maximum Gasteiger partial charge on any atom is 0.419 e. The molecule has 0 unspecified atom stereocenters. The van der Waals surface area contributed by atoms with E-state index < -0.39 is 35.0 Å². The third kappa shape index (κ3) is 4.65. The molecule has 0 aliphatic heterocycles. The van der Waals surface area contributed by atoms with Crippen LogP contribution in [-0.4, -0.2) is 35.2 Å². The number of pyridine rings is 1. The van der Waals surface area contributed by atoms with Gasteiger partial charge in [-0.2, -0.15) is 13.2 Å². The molecule has 1 saturated carbocycles. The van der Waals surface area contributed by atoms with Gasteiger partial charge in [0.1, 0.15) is 12.4 Å². The lowest BCUT2D eigenvalue weighted by Gasteiger charge is -2.24. The van der Waals surface area contributed by atoms with Crippen molar-refractivity contribution < 1.29 is 32.6 Å². The highest BCUT2D eigenvalue weighted by molar-refractivity contribution is 5.93. The van der Waals surface area contributed by atoms with Crippen LogP contribution in [0.2, 0.25) is 0 Å². The molecule has 0 spiro atoms. The Kier molecular flexibility index (Phi) is 5.19. The maximum absolute atomic E-state index is 12.9. The lowest BCUT2D eigenvalue weighted by molar-refractivity contribution is -0.137. The summed E-state index contributed by atoms with van der Waals surface area (Å²) in [5.41, 5.74) is -1.93. The predicted molar refractivity (Wildman–Crippen MR) is 73.0 cm³/mol. The highest BCUT2D eigenvalue weighted by atomic mass is 19.4. The van der Waals surface area contributed by atoms with Crippen molar-refractivity contribution in [2.24, 2.45) is 5.92 Å². The van der Waals surface area contributed by atoms with Gasteiger partial charge in [-0.3, -0.25) is 4.79 Å². The molecule has 0 bridgehead atoms. The Morgan fingerprint density at radius 2 is 2.09 bits per heavy atom. The van der Waals surface area contributed by atoms with Crippen LogP contribution in [0.3, 0.4) is 0 Å². The summed E-state index contributed by atoms with van der Waals surface area (Å²) in [6.45, 7) is 0.0150. The van der Waals surface area contributed by atoms with Crippen LogP contribution in [0.25, 0.3) is 0 Å². The topological polar surface area (TPSA) is 88.5 Å². The first kappa shape index (κ1) is 17.2. The lowest BCUT2D eigenvalue weighted by Crippen LogP contribution is -2.25. The second-order valence-corrected chi connectivity index (χ2v) is 5.28. The van der Waals surface area contributed by atoms with Crippen LogP contribution < -0.4 is 5.32 Å². The van der Waals surface area contributed by atoms with E-state index in [0.717, 1.165) is 25.5 Å². The third-order valence-electron chi connectivity index (χ3n) is 3.51. The van der Waals surface area contributed by atoms with Crippen LogP contribution in [0.5, 0.6) is 0 Å². The second-order valence-electron chi connectivity index (χ2n) is 5.28. The summed E-state index contributed by atoms with van der Waals surface area (Å²) in [5, 5.41) is 10.7. The fourth-order valence-electron chi connectivity index (χ4n) is 2.04. The summed E-state index contributed by atoms with van der Waals surface area (Å²) in [4.78, 5) is 25.8. The first-order chi connectivity index (χ1) is 10.8. The van der Waals surface area contributed by atoms with Gasteiger partial charge < -0.3 is 15.2 Å². The molecule has 1 amide bonds. The fraction of sp³-hybridized carbons (Fsp3) is 0.500. The second kappa shape index (κ2) is 6.95. The number of halogens is 3. The molecule has 0 aromatic carbocycles. The molecular formula is C14H15F3N2O4. The number of ether oxygens (including phenoxy) is 1. The van der Waals surface area contributed by atoms with E-state index in [4.69, 9.17) is 9.84 Å². The SMILES string of the molecule is O=C(COCC1CCC1)Nc1ncc(C(=O)O)cc1C(F)(F)F. The smallest absolute Gasteiger partial charge is 0.419 e. The number of nitrogens with zero attached hydrogens (tertiary/aromatic N) is 1. The number of carbonyl (C=O) groups excluding carboxylic acids is 1. The number of anilines is 1. The van der Waals surface area contributed by atoms with Crippen molar-refractivity contribution in [3.05, 3.63) is 23.4 Å². The highest BCUT2D eigenvalue weighted by Gasteiger charge is 2.35. The number of nitrogens with one attached hydrogen (secondary N) is 1. The molecular weight excluding hydrogens is 317 g/mol. The molecule has 0 radical (unpaired) electrons. The van der Waals surface area contributed by atoms with Gasteiger partial charge in [0.05, 0.1) is 17.7 Å². The molecule has 2 N–H and O–H groups in total. The predicted octanol–water partition coefficient (Wildman–Crippen LogP) is 2.55. The van der Waals surface area contributed by atoms with E-state index in [-0.39, 0.29) is 6.61 Å². The van der Waals surface area contributed by atoms with Crippen LogP contribution in [0.1, 0.15) is 35.2 Å². The van der Waals surface area contributed by atoms with Gasteiger partial charge in [0.2, 0.25) is 0 Å². The van der Waals surface area contributed by atoms with Gasteiger partial charge in [-0.05, 0) is 24.8 Å². The fourth-order valence-corrected chi connectivity index (χ4v) is 2.04. The van der Waals surface area contributed by atoms with Crippen molar-refractivity contribution in [2.45, 2.75) is 25.4 Å². The zero-order chi connectivity index (χ0) is 17.0. The first-order valence-corrected chi connectivity index (χ1v) is 6.95. The van der Waals surface area contributed by atoms with E-state index in [0.29, 0.717) is 18.6 Å². The number of carboxylic acids is 1. The number of carboxylic acid groups (broad SMARTS) is 1. The van der Waals surface area contributed by atoms with Crippen molar-refractivity contribution in [1.29, 1.82) is 0 Å². The molecule has 1 fully saturated rings. The molecule has 23 heavy (non-hydrogen) atoms. The van der Waals surface area contributed by atoms with Crippen molar-refractivity contribution in [3.8, 4) is 0 Å². The number of hydrogen-bond donors (Lipinski definition) is 2. The van der Waals surface area contributed by atoms with E-state index in [1.54, 1.807) is 0 Å². The summed E-state index contributed by atoms with van der Waals surface area (Å²) in [6, 6.07) is 0.431. The van der Waals surface area contributed by atoms with Crippen molar-refractivity contribution in [2.75, 3.05) is 18.5 Å². The number of carbonyl (C=O) groups is 2. The van der Waals surface area contributed by atoms with Crippen molar-refractivity contribution in [1.82, 2.24) is 4.98 Å². The van der Waals surface area contributed by atoms with E-state index in [2.05, 4.69) is 4.98 Å². The molecule has 1 aromatic heterocycles. The Labute approximate surface area is 129 Å². The Morgan fingerprint density at radius 1 is 1.39 bits per heavy atom. The molecule has 9 heteroatoms. The zero-order valence-electron chi connectivity index (χ0n) is 12.0. The van der Waals surface area contributed by atoms with Crippen LogP contribution in [0.4, 0.5) is 19.0 Å². The van der Waals surface area contributed by atoms with Crippen LogP contribution in [0.15, 0.2) is 12.3 Å². The molecule has 1 aliphatic rings. The molecule has 0 atom stereocenters. The van der Waals surface area contributed by atoms with Gasteiger partial charge in [-0.15, -0.1) is 0 Å². The number of aromatic nitrogens is 1. The van der Waals surface area contributed by atoms with Crippen LogP contribution in [-0.2, 0) is 15.7 Å². The van der Waals surface area contributed by atoms with Gasteiger partial charge in [-0.25, -0.2) is 9.78 Å². The average Bonchev–Trinajstić information content (AvgIpc) is 2.40. The molecule has 2 rings (SSSR count). The summed E-state index contributed by atoms with van der Waals surface area (Å²) in [6.07, 6.45) is -0.915. The minimum Gasteiger partial charge on any atom is -0.478 e. The highest BCUT2D eigenvalue weighted by Crippen LogP contribution is 2.34. The van der Waals surface area contributed by atoms with Crippen molar-refractivity contribution >= 4 is 17.7 Å². The summed E-state index contributed by atoms with van der Waals surface area (Å²) in [7, 11) is 0. The Bertz CT molecular complexity index is 600. The number of rotatable bonds is 6. The number of amides is 1. The average molecular weight is 332 g/mol. The van der Waals surface area contributed by atoms with E-state index in [1.165, 1.54) is 0 Å². The Balaban J connectivity index is 2.02. The van der Waals surface area contributed by atoms with Crippen LogP contribution in [0, 0.1) is 5.92 Å². The van der Waals surface area contributed by atoms with Gasteiger partial charge >= 0.3 is 12.1 Å². The van der Waals surface area contributed by atoms with E-state index in [1.807, 2.05) is 5.32 Å². The molecule has 6 nitrogen and oxygen atoms in total. The number of hydrogen-bond acceptors (Lipinski definition) is 4. The first-order valence-electron chi connectivity index (χ1n) is 6.95. The maximum atomic E-state index is 12.9. The minimum atomic E-state index is -4.84. The van der Waals surface area contributed by atoms with Gasteiger partial charge in [0.15, 0.2) is 0 Å². The Morgan fingerprint density at radius 3 is 2.61 bits per heavy atom. The largest absolute Gasteiger partial charge is 0.478 e. The zero-order valence-corrected chi connectivity index (χ0v) is 12.0. The van der Waals surface area contributed by atoms with Gasteiger partial charge in [0.25, 0.3) is 5.91 Å². The third-order valence-corrected chi connectivity index (χ3v) is 3.51. The quantitative estimate of drug-likeness (QED) is 0.836. The number of alkyl halides is 3.